The van der Waals surface area contributed by atoms with Crippen LogP contribution in [0.5, 0.6) is 0 Å². The first kappa shape index (κ1) is 13.1. The topological polar surface area (TPSA) is 62.2 Å². The zero-order valence-electron chi connectivity index (χ0n) is 11.5. The number of carboxylic acid groups (broad SMARTS) is 1. The standard InChI is InChI=1S/C17H14N2O2/c1-11-10-13(6-7-14(11)17(20)21)19-16-15-5-3-2-4-12(15)8-9-18-16/h2-10H,1H3,(H,18,19)(H,20,21). The summed E-state index contributed by atoms with van der Waals surface area (Å²) in [5, 5.41) is 14.4. The van der Waals surface area contributed by atoms with E-state index in [0.717, 1.165) is 22.3 Å². The highest BCUT2D eigenvalue weighted by molar-refractivity contribution is 5.94. The third-order valence-corrected chi connectivity index (χ3v) is 3.39. The molecule has 2 N–H and O–H groups in total. The number of carboxylic acids is 1. The Bertz CT molecular complexity index is 823. The van der Waals surface area contributed by atoms with Crippen LogP contribution in [0.3, 0.4) is 0 Å². The van der Waals surface area contributed by atoms with E-state index in [2.05, 4.69) is 10.3 Å². The van der Waals surface area contributed by atoms with Gasteiger partial charge in [-0.1, -0.05) is 24.3 Å². The number of benzene rings is 2. The molecule has 0 atom stereocenters. The van der Waals surface area contributed by atoms with Gasteiger partial charge >= 0.3 is 5.97 Å². The molecule has 0 unspecified atom stereocenters. The van der Waals surface area contributed by atoms with Gasteiger partial charge in [-0.2, -0.15) is 0 Å². The van der Waals surface area contributed by atoms with Crippen LogP contribution in [0.15, 0.2) is 54.7 Å². The molecule has 104 valence electrons. The summed E-state index contributed by atoms with van der Waals surface area (Å²) in [5.41, 5.74) is 1.85. The van der Waals surface area contributed by atoms with Gasteiger partial charge in [0.2, 0.25) is 0 Å². The minimum absolute atomic E-state index is 0.312. The first-order chi connectivity index (χ1) is 10.1. The van der Waals surface area contributed by atoms with E-state index < -0.39 is 5.97 Å². The molecule has 0 saturated carbocycles. The molecule has 21 heavy (non-hydrogen) atoms. The Balaban J connectivity index is 1.99. The minimum Gasteiger partial charge on any atom is -0.478 e. The fourth-order valence-electron chi connectivity index (χ4n) is 2.34. The molecule has 4 nitrogen and oxygen atoms in total. The molecule has 0 bridgehead atoms. The number of hydrogen-bond donors (Lipinski definition) is 2. The normalized spacial score (nSPS) is 10.5. The third-order valence-electron chi connectivity index (χ3n) is 3.39. The smallest absolute Gasteiger partial charge is 0.335 e. The monoisotopic (exact) mass is 278 g/mol. The second-order valence-electron chi connectivity index (χ2n) is 4.84. The van der Waals surface area contributed by atoms with E-state index in [0.29, 0.717) is 11.1 Å². The molecule has 4 heteroatoms. The number of aromatic carboxylic acids is 1. The number of rotatable bonds is 3. The molecular formula is C17H14N2O2. The fraction of sp³-hybridized carbons (Fsp3) is 0.0588. The predicted octanol–water partition coefficient (Wildman–Crippen LogP) is 3.99. The van der Waals surface area contributed by atoms with Crippen molar-refractivity contribution in [1.82, 2.24) is 4.98 Å². The lowest BCUT2D eigenvalue weighted by molar-refractivity contribution is 0.0696. The number of carbonyl (C=O) groups is 1. The van der Waals surface area contributed by atoms with Crippen LogP contribution in [0.4, 0.5) is 11.5 Å². The molecule has 0 aliphatic carbocycles. The predicted molar refractivity (Wildman–Crippen MR) is 83.2 cm³/mol. The van der Waals surface area contributed by atoms with Gasteiger partial charge in [-0.05, 0) is 42.1 Å². The Morgan fingerprint density at radius 3 is 2.71 bits per heavy atom. The summed E-state index contributed by atoms with van der Waals surface area (Å²) in [6.07, 6.45) is 1.75. The van der Waals surface area contributed by atoms with Gasteiger partial charge in [0.15, 0.2) is 0 Å². The number of hydrogen-bond acceptors (Lipinski definition) is 3. The summed E-state index contributed by atoms with van der Waals surface area (Å²) in [7, 11) is 0. The molecule has 0 aliphatic rings. The fourth-order valence-corrected chi connectivity index (χ4v) is 2.34. The van der Waals surface area contributed by atoms with E-state index in [1.54, 1.807) is 25.3 Å². The molecule has 1 aromatic heterocycles. The van der Waals surface area contributed by atoms with Crippen molar-refractivity contribution in [1.29, 1.82) is 0 Å². The first-order valence-corrected chi connectivity index (χ1v) is 6.60. The SMILES string of the molecule is Cc1cc(Nc2nccc3ccccc23)ccc1C(=O)O. The number of aromatic nitrogens is 1. The lowest BCUT2D eigenvalue weighted by atomic mass is 10.1. The molecule has 0 aliphatic heterocycles. The molecule has 0 spiro atoms. The van der Waals surface area contributed by atoms with E-state index in [1.807, 2.05) is 36.4 Å². The molecule has 1 heterocycles. The van der Waals surface area contributed by atoms with Crippen LogP contribution in [0.2, 0.25) is 0 Å². The van der Waals surface area contributed by atoms with Crippen molar-refractivity contribution in [2.45, 2.75) is 6.92 Å². The maximum Gasteiger partial charge on any atom is 0.335 e. The van der Waals surface area contributed by atoms with Crippen LogP contribution in [0.25, 0.3) is 10.8 Å². The largest absolute Gasteiger partial charge is 0.478 e. The Kier molecular flexibility index (Phi) is 3.28. The maximum atomic E-state index is 11.0. The average molecular weight is 278 g/mol. The lowest BCUT2D eigenvalue weighted by Gasteiger charge is -2.10. The van der Waals surface area contributed by atoms with Crippen LogP contribution < -0.4 is 5.32 Å². The number of pyridine rings is 1. The van der Waals surface area contributed by atoms with Crippen LogP contribution in [0, 0.1) is 6.92 Å². The Labute approximate surface area is 122 Å². The van der Waals surface area contributed by atoms with Gasteiger partial charge in [0.1, 0.15) is 5.82 Å². The molecule has 0 fully saturated rings. The number of nitrogens with zero attached hydrogens (tertiary/aromatic N) is 1. The molecule has 3 rings (SSSR count). The van der Waals surface area contributed by atoms with Crippen molar-refractivity contribution in [3.05, 3.63) is 65.9 Å². The number of anilines is 2. The van der Waals surface area contributed by atoms with Crippen molar-refractivity contribution in [2.24, 2.45) is 0 Å². The summed E-state index contributed by atoms with van der Waals surface area (Å²) in [5.74, 6) is -0.155. The zero-order chi connectivity index (χ0) is 14.8. The zero-order valence-corrected chi connectivity index (χ0v) is 11.5. The first-order valence-electron chi connectivity index (χ1n) is 6.60. The summed E-state index contributed by atoms with van der Waals surface area (Å²) in [4.78, 5) is 15.4. The van der Waals surface area contributed by atoms with E-state index >= 15 is 0 Å². The van der Waals surface area contributed by atoms with Crippen LogP contribution in [0.1, 0.15) is 15.9 Å². The van der Waals surface area contributed by atoms with E-state index in [-0.39, 0.29) is 0 Å². The number of aryl methyl sites for hydroxylation is 1. The summed E-state index contributed by atoms with van der Waals surface area (Å²) >= 11 is 0. The highest BCUT2D eigenvalue weighted by atomic mass is 16.4. The van der Waals surface area contributed by atoms with Gasteiger partial charge in [-0.25, -0.2) is 9.78 Å². The second-order valence-corrected chi connectivity index (χ2v) is 4.84. The molecule has 0 amide bonds. The van der Waals surface area contributed by atoms with Gasteiger partial charge in [0.25, 0.3) is 0 Å². The highest BCUT2D eigenvalue weighted by Crippen LogP contribution is 2.25. The van der Waals surface area contributed by atoms with Crippen LogP contribution in [-0.2, 0) is 0 Å². The highest BCUT2D eigenvalue weighted by Gasteiger charge is 2.08. The Morgan fingerprint density at radius 1 is 1.14 bits per heavy atom. The molecule has 0 radical (unpaired) electrons. The summed E-state index contributed by atoms with van der Waals surface area (Å²) in [6, 6.07) is 15.1. The van der Waals surface area contributed by atoms with E-state index in [1.165, 1.54) is 0 Å². The van der Waals surface area contributed by atoms with Gasteiger partial charge in [0, 0.05) is 17.3 Å². The molecule has 0 saturated heterocycles. The summed E-state index contributed by atoms with van der Waals surface area (Å²) in [6.45, 7) is 1.78. The Morgan fingerprint density at radius 2 is 1.95 bits per heavy atom. The molecule has 2 aromatic carbocycles. The van der Waals surface area contributed by atoms with E-state index in [9.17, 15) is 4.79 Å². The molecular weight excluding hydrogens is 264 g/mol. The summed E-state index contributed by atoms with van der Waals surface area (Å²) < 4.78 is 0. The van der Waals surface area contributed by atoms with Gasteiger partial charge in [-0.15, -0.1) is 0 Å². The number of fused-ring (bicyclic) bond motifs is 1. The lowest BCUT2D eigenvalue weighted by Crippen LogP contribution is -2.01. The van der Waals surface area contributed by atoms with Crippen molar-refractivity contribution in [3.8, 4) is 0 Å². The minimum atomic E-state index is -0.915. The van der Waals surface area contributed by atoms with Crippen molar-refractivity contribution in [2.75, 3.05) is 5.32 Å². The quantitative estimate of drug-likeness (QED) is 0.760. The average Bonchev–Trinajstić information content (AvgIpc) is 2.47. The van der Waals surface area contributed by atoms with Gasteiger partial charge in [0.05, 0.1) is 5.56 Å². The van der Waals surface area contributed by atoms with Gasteiger partial charge < -0.3 is 10.4 Å². The molecule has 3 aromatic rings. The Hall–Kier alpha value is -2.88. The van der Waals surface area contributed by atoms with Crippen molar-refractivity contribution in [3.63, 3.8) is 0 Å². The maximum absolute atomic E-state index is 11.0. The van der Waals surface area contributed by atoms with Crippen LogP contribution in [-0.4, -0.2) is 16.1 Å². The van der Waals surface area contributed by atoms with E-state index in [4.69, 9.17) is 5.11 Å². The van der Waals surface area contributed by atoms with Crippen LogP contribution >= 0.6 is 0 Å². The second kappa shape index (κ2) is 5.25. The third kappa shape index (κ3) is 2.56. The number of nitrogens with one attached hydrogen (secondary N) is 1. The van der Waals surface area contributed by atoms with Gasteiger partial charge in [-0.3, -0.25) is 0 Å². The van der Waals surface area contributed by atoms with Crippen molar-refractivity contribution < 1.29 is 9.90 Å². The van der Waals surface area contributed by atoms with Crippen molar-refractivity contribution >= 4 is 28.2 Å².